The number of amides is 2. The van der Waals surface area contributed by atoms with Crippen LogP contribution in [0, 0.1) is 12.8 Å². The normalized spacial score (nSPS) is 15.6. The highest BCUT2D eigenvalue weighted by Gasteiger charge is 2.28. The second-order valence-electron chi connectivity index (χ2n) is 5.62. The Bertz CT molecular complexity index is 576. The van der Waals surface area contributed by atoms with E-state index >= 15 is 0 Å². The Balaban J connectivity index is 1.88. The van der Waals surface area contributed by atoms with Crippen LogP contribution in [0.4, 0.5) is 0 Å². The molecule has 120 valence electrons. The largest absolute Gasteiger partial charge is 0.481 e. The van der Waals surface area contributed by atoms with Gasteiger partial charge in [-0.25, -0.2) is 0 Å². The number of aliphatic carboxylic acids is 1. The molecular weight excluding hydrogens is 304 g/mol. The fraction of sp³-hybridized carbons (Fsp3) is 0.533. The van der Waals surface area contributed by atoms with Crippen LogP contribution in [0.15, 0.2) is 10.8 Å². The number of thiophene rings is 1. The molecule has 0 aromatic carbocycles. The predicted molar refractivity (Wildman–Crippen MR) is 83.0 cm³/mol. The fourth-order valence-electron chi connectivity index (χ4n) is 2.54. The van der Waals surface area contributed by atoms with Crippen LogP contribution in [0.5, 0.6) is 0 Å². The second-order valence-corrected chi connectivity index (χ2v) is 6.37. The molecule has 6 nitrogen and oxygen atoms in total. The molecule has 1 fully saturated rings. The minimum Gasteiger partial charge on any atom is -0.481 e. The van der Waals surface area contributed by atoms with Crippen molar-refractivity contribution in [1.29, 1.82) is 0 Å². The number of carboxylic acids is 1. The summed E-state index contributed by atoms with van der Waals surface area (Å²) >= 11 is 1.46. The van der Waals surface area contributed by atoms with E-state index in [2.05, 4.69) is 0 Å². The van der Waals surface area contributed by atoms with E-state index in [1.54, 1.807) is 17.3 Å². The minimum absolute atomic E-state index is 0.0197. The molecule has 0 spiro atoms. The van der Waals surface area contributed by atoms with Gasteiger partial charge in [-0.1, -0.05) is 0 Å². The van der Waals surface area contributed by atoms with E-state index in [-0.39, 0.29) is 24.3 Å². The minimum atomic E-state index is -0.799. The van der Waals surface area contributed by atoms with Crippen molar-refractivity contribution >= 4 is 29.1 Å². The van der Waals surface area contributed by atoms with Crippen molar-refractivity contribution in [1.82, 2.24) is 9.80 Å². The topological polar surface area (TPSA) is 77.9 Å². The summed E-state index contributed by atoms with van der Waals surface area (Å²) in [6.45, 7) is 2.77. The Hall–Kier alpha value is -1.89. The molecule has 0 bridgehead atoms. The molecule has 1 N–H and O–H groups in total. The van der Waals surface area contributed by atoms with Crippen LogP contribution in [0.25, 0.3) is 0 Å². The summed E-state index contributed by atoms with van der Waals surface area (Å²) in [5.74, 6) is -1.45. The molecule has 7 heteroatoms. The van der Waals surface area contributed by atoms with Crippen LogP contribution in [0.3, 0.4) is 0 Å². The molecule has 0 aliphatic carbocycles. The van der Waals surface area contributed by atoms with Crippen LogP contribution in [0.1, 0.15) is 28.8 Å². The summed E-state index contributed by atoms with van der Waals surface area (Å²) in [7, 11) is 1.61. The molecule has 0 saturated carbocycles. The summed E-state index contributed by atoms with van der Waals surface area (Å²) in [6, 6.07) is 0. The van der Waals surface area contributed by atoms with Crippen molar-refractivity contribution in [2.45, 2.75) is 19.8 Å². The third-order valence-electron chi connectivity index (χ3n) is 4.00. The summed E-state index contributed by atoms with van der Waals surface area (Å²) in [5.41, 5.74) is 1.54. The molecular formula is C15H20N2O4S. The van der Waals surface area contributed by atoms with Crippen molar-refractivity contribution in [3.05, 3.63) is 21.9 Å². The van der Waals surface area contributed by atoms with Crippen LogP contribution in [-0.2, 0) is 9.59 Å². The number of aryl methyl sites for hydroxylation is 1. The maximum absolute atomic E-state index is 12.3. The Morgan fingerprint density at radius 3 is 2.45 bits per heavy atom. The van der Waals surface area contributed by atoms with Gasteiger partial charge in [-0.05, 0) is 30.7 Å². The van der Waals surface area contributed by atoms with Gasteiger partial charge in [0.15, 0.2) is 0 Å². The quantitative estimate of drug-likeness (QED) is 0.909. The Morgan fingerprint density at radius 2 is 1.95 bits per heavy atom. The molecule has 1 aromatic rings. The highest BCUT2D eigenvalue weighted by molar-refractivity contribution is 7.08. The summed E-state index contributed by atoms with van der Waals surface area (Å²) in [4.78, 5) is 38.5. The number of hydrogen-bond donors (Lipinski definition) is 1. The van der Waals surface area contributed by atoms with Crippen LogP contribution in [0.2, 0.25) is 0 Å². The van der Waals surface area contributed by atoms with Gasteiger partial charge in [0.2, 0.25) is 5.91 Å². The SMILES string of the molecule is Cc1cscc1C(=O)N(C)CC(=O)N1CCC(C(=O)O)CC1. The average molecular weight is 324 g/mol. The highest BCUT2D eigenvalue weighted by atomic mass is 32.1. The van der Waals surface area contributed by atoms with E-state index in [1.165, 1.54) is 16.2 Å². The molecule has 2 heterocycles. The fourth-order valence-corrected chi connectivity index (χ4v) is 3.36. The van der Waals surface area contributed by atoms with Crippen LogP contribution < -0.4 is 0 Å². The van der Waals surface area contributed by atoms with Crippen molar-refractivity contribution in [3.8, 4) is 0 Å². The smallest absolute Gasteiger partial charge is 0.306 e. The molecule has 22 heavy (non-hydrogen) atoms. The average Bonchev–Trinajstić information content (AvgIpc) is 2.92. The first-order valence-corrected chi connectivity index (χ1v) is 8.13. The number of likely N-dealkylation sites (tertiary alicyclic amines) is 1. The molecule has 0 unspecified atom stereocenters. The number of likely N-dealkylation sites (N-methyl/N-ethyl adjacent to an activating group) is 1. The van der Waals surface area contributed by atoms with Gasteiger partial charge in [-0.3, -0.25) is 14.4 Å². The maximum Gasteiger partial charge on any atom is 0.306 e. The molecule has 0 atom stereocenters. The number of carbonyl (C=O) groups excluding carboxylic acids is 2. The van der Waals surface area contributed by atoms with E-state index in [0.717, 1.165) is 5.56 Å². The number of rotatable bonds is 4. The van der Waals surface area contributed by atoms with Gasteiger partial charge in [0.25, 0.3) is 5.91 Å². The molecule has 2 amide bonds. The van der Waals surface area contributed by atoms with E-state index in [4.69, 9.17) is 5.11 Å². The summed E-state index contributed by atoms with van der Waals surface area (Å²) in [5, 5.41) is 12.6. The molecule has 1 aliphatic heterocycles. The maximum atomic E-state index is 12.3. The van der Waals surface area contributed by atoms with Gasteiger partial charge < -0.3 is 14.9 Å². The molecule has 1 aromatic heterocycles. The lowest BCUT2D eigenvalue weighted by Gasteiger charge is -2.31. The zero-order chi connectivity index (χ0) is 16.3. The van der Waals surface area contributed by atoms with E-state index in [0.29, 0.717) is 31.5 Å². The standard InChI is InChI=1S/C15H20N2O4S/c1-10-8-22-9-12(10)14(19)16(2)7-13(18)17-5-3-11(4-6-17)15(20)21/h8-9,11H,3-7H2,1-2H3,(H,20,21). The van der Waals surface area contributed by atoms with Gasteiger partial charge in [-0.2, -0.15) is 11.3 Å². The first kappa shape index (κ1) is 16.5. The Labute approximate surface area is 133 Å². The number of carbonyl (C=O) groups is 3. The zero-order valence-corrected chi connectivity index (χ0v) is 13.6. The first-order chi connectivity index (χ1) is 10.4. The number of piperidine rings is 1. The monoisotopic (exact) mass is 324 g/mol. The lowest BCUT2D eigenvalue weighted by Crippen LogP contribution is -2.45. The van der Waals surface area contributed by atoms with Gasteiger partial charge >= 0.3 is 5.97 Å². The Kier molecular flexibility index (Phi) is 5.18. The van der Waals surface area contributed by atoms with Crippen LogP contribution in [-0.4, -0.2) is 59.4 Å². The first-order valence-electron chi connectivity index (χ1n) is 7.19. The predicted octanol–water partition coefficient (Wildman–Crippen LogP) is 1.45. The van der Waals surface area contributed by atoms with Gasteiger partial charge in [0, 0.05) is 25.5 Å². The van der Waals surface area contributed by atoms with Crippen molar-refractivity contribution < 1.29 is 19.5 Å². The molecule has 1 saturated heterocycles. The summed E-state index contributed by atoms with van der Waals surface area (Å²) < 4.78 is 0. The van der Waals surface area contributed by atoms with Gasteiger partial charge in [-0.15, -0.1) is 0 Å². The number of hydrogen-bond acceptors (Lipinski definition) is 4. The van der Waals surface area contributed by atoms with Crippen molar-refractivity contribution in [2.75, 3.05) is 26.7 Å². The lowest BCUT2D eigenvalue weighted by atomic mass is 9.97. The zero-order valence-electron chi connectivity index (χ0n) is 12.7. The van der Waals surface area contributed by atoms with Crippen LogP contribution >= 0.6 is 11.3 Å². The lowest BCUT2D eigenvalue weighted by molar-refractivity contribution is -0.145. The Morgan fingerprint density at radius 1 is 1.32 bits per heavy atom. The van der Waals surface area contributed by atoms with E-state index < -0.39 is 5.97 Å². The van der Waals surface area contributed by atoms with E-state index in [1.807, 2.05) is 12.3 Å². The number of nitrogens with zero attached hydrogens (tertiary/aromatic N) is 2. The molecule has 2 rings (SSSR count). The van der Waals surface area contributed by atoms with Crippen molar-refractivity contribution in [2.24, 2.45) is 5.92 Å². The third-order valence-corrected chi connectivity index (χ3v) is 4.86. The third kappa shape index (κ3) is 3.65. The second kappa shape index (κ2) is 6.91. The summed E-state index contributed by atoms with van der Waals surface area (Å²) in [6.07, 6.45) is 0.949. The van der Waals surface area contributed by atoms with Gasteiger partial charge in [0.1, 0.15) is 0 Å². The van der Waals surface area contributed by atoms with Gasteiger partial charge in [0.05, 0.1) is 18.0 Å². The highest BCUT2D eigenvalue weighted by Crippen LogP contribution is 2.18. The molecule has 0 radical (unpaired) electrons. The van der Waals surface area contributed by atoms with E-state index in [9.17, 15) is 14.4 Å². The number of carboxylic acid groups (broad SMARTS) is 1. The molecule has 1 aliphatic rings. The van der Waals surface area contributed by atoms with Crippen molar-refractivity contribution in [3.63, 3.8) is 0 Å².